The molecule has 0 saturated carbocycles. The molecule has 0 aliphatic heterocycles. The van der Waals surface area contributed by atoms with Crippen molar-refractivity contribution in [3.63, 3.8) is 0 Å². The number of nitro groups is 1. The van der Waals surface area contributed by atoms with Crippen LogP contribution in [0.2, 0.25) is 0 Å². The minimum Gasteiger partial charge on any atom is -0.465 e. The molecule has 0 aliphatic rings. The Kier molecular flexibility index (Phi) is 3.29. The lowest BCUT2D eigenvalue weighted by molar-refractivity contribution is -0.385. The van der Waals surface area contributed by atoms with Crippen LogP contribution in [0, 0.1) is 15.9 Å². The molecule has 0 aliphatic carbocycles. The van der Waals surface area contributed by atoms with Gasteiger partial charge in [0.25, 0.3) is 5.69 Å². The smallest absolute Gasteiger partial charge is 0.338 e. The van der Waals surface area contributed by atoms with Crippen LogP contribution in [-0.4, -0.2) is 24.3 Å². The number of halogens is 1. The first-order chi connectivity index (χ1) is 7.51. The van der Waals surface area contributed by atoms with E-state index in [2.05, 4.69) is 4.74 Å². The summed E-state index contributed by atoms with van der Waals surface area (Å²) >= 11 is 0. The number of aldehydes is 1. The highest BCUT2D eigenvalue weighted by Crippen LogP contribution is 2.23. The number of carbonyl (C=O) groups excluding carboxylic acids is 2. The third-order valence-electron chi connectivity index (χ3n) is 1.84. The van der Waals surface area contributed by atoms with Gasteiger partial charge >= 0.3 is 5.97 Å². The molecule has 0 unspecified atom stereocenters. The van der Waals surface area contributed by atoms with Gasteiger partial charge in [0, 0.05) is 0 Å². The van der Waals surface area contributed by atoms with Crippen molar-refractivity contribution < 1.29 is 23.6 Å². The van der Waals surface area contributed by atoms with Crippen LogP contribution in [0.5, 0.6) is 0 Å². The van der Waals surface area contributed by atoms with E-state index in [0.717, 1.165) is 7.11 Å². The Morgan fingerprint density at radius 1 is 1.56 bits per heavy atom. The third kappa shape index (κ3) is 2.02. The van der Waals surface area contributed by atoms with Crippen LogP contribution in [0.3, 0.4) is 0 Å². The molecule has 84 valence electrons. The zero-order valence-corrected chi connectivity index (χ0v) is 8.10. The molecule has 7 heteroatoms. The molecule has 0 aromatic heterocycles. The summed E-state index contributed by atoms with van der Waals surface area (Å²) in [6.45, 7) is 0. The monoisotopic (exact) mass is 227 g/mol. The van der Waals surface area contributed by atoms with Gasteiger partial charge < -0.3 is 4.74 Å². The van der Waals surface area contributed by atoms with Crippen LogP contribution in [0.4, 0.5) is 10.1 Å². The van der Waals surface area contributed by atoms with E-state index >= 15 is 0 Å². The summed E-state index contributed by atoms with van der Waals surface area (Å²) in [7, 11) is 1.02. The van der Waals surface area contributed by atoms with E-state index in [1.54, 1.807) is 0 Å². The van der Waals surface area contributed by atoms with Crippen molar-refractivity contribution in [2.24, 2.45) is 0 Å². The van der Waals surface area contributed by atoms with E-state index in [-0.39, 0.29) is 6.29 Å². The molecule has 0 bridgehead atoms. The number of hydrogen-bond acceptors (Lipinski definition) is 5. The number of benzene rings is 1. The fraction of sp³-hybridized carbons (Fsp3) is 0.111. The van der Waals surface area contributed by atoms with Crippen molar-refractivity contribution in [3.8, 4) is 0 Å². The predicted octanol–water partition coefficient (Wildman–Crippen LogP) is 1.33. The van der Waals surface area contributed by atoms with Gasteiger partial charge in [-0.15, -0.1) is 0 Å². The van der Waals surface area contributed by atoms with Crippen molar-refractivity contribution in [1.29, 1.82) is 0 Å². The maximum absolute atomic E-state index is 13.0. The summed E-state index contributed by atoms with van der Waals surface area (Å²) in [5.41, 5.74) is -1.74. The van der Waals surface area contributed by atoms with Gasteiger partial charge in [-0.25, -0.2) is 9.18 Å². The highest BCUT2D eigenvalue weighted by Gasteiger charge is 2.23. The highest BCUT2D eigenvalue weighted by atomic mass is 19.1. The summed E-state index contributed by atoms with van der Waals surface area (Å²) in [4.78, 5) is 31.4. The molecule has 1 aromatic rings. The van der Waals surface area contributed by atoms with Crippen LogP contribution in [0.25, 0.3) is 0 Å². The molecule has 0 atom stereocenters. The fourth-order valence-electron chi connectivity index (χ4n) is 1.16. The van der Waals surface area contributed by atoms with Gasteiger partial charge in [-0.2, -0.15) is 0 Å². The molecule has 0 radical (unpaired) electrons. The molecule has 0 fully saturated rings. The number of rotatable bonds is 3. The van der Waals surface area contributed by atoms with Crippen LogP contribution >= 0.6 is 0 Å². The summed E-state index contributed by atoms with van der Waals surface area (Å²) in [6.07, 6.45) is 0.115. The topological polar surface area (TPSA) is 86.5 Å². The third-order valence-corrected chi connectivity index (χ3v) is 1.84. The van der Waals surface area contributed by atoms with Gasteiger partial charge in [0.05, 0.1) is 23.7 Å². The normalized spacial score (nSPS) is 9.62. The lowest BCUT2D eigenvalue weighted by Gasteiger charge is -2.03. The summed E-state index contributed by atoms with van der Waals surface area (Å²) in [5.74, 6) is -2.00. The molecule has 1 aromatic carbocycles. The molecule has 16 heavy (non-hydrogen) atoms. The zero-order valence-electron chi connectivity index (χ0n) is 8.10. The molecular formula is C9H6FNO5. The molecule has 0 heterocycles. The standard InChI is InChI=1S/C9H6FNO5/c1-16-9(13)6-2-5(10)3-8(11(14)15)7(6)4-12/h2-4H,1H3. The first-order valence-electron chi connectivity index (χ1n) is 4.02. The molecule has 0 N–H and O–H groups in total. The Balaban J connectivity index is 3.54. The molecule has 6 nitrogen and oxygen atoms in total. The average molecular weight is 227 g/mol. The molecular weight excluding hydrogens is 221 g/mol. The molecule has 0 spiro atoms. The van der Waals surface area contributed by atoms with Crippen LogP contribution in [-0.2, 0) is 4.74 Å². The Labute approximate surface area is 88.8 Å². The van der Waals surface area contributed by atoms with Crippen molar-refractivity contribution >= 4 is 17.9 Å². The first-order valence-corrected chi connectivity index (χ1v) is 4.02. The van der Waals surface area contributed by atoms with Crippen LogP contribution < -0.4 is 0 Å². The second-order valence-electron chi connectivity index (χ2n) is 2.75. The van der Waals surface area contributed by atoms with Gasteiger partial charge in [-0.3, -0.25) is 14.9 Å². The number of nitrogens with zero attached hydrogens (tertiary/aromatic N) is 1. The number of esters is 1. The lowest BCUT2D eigenvalue weighted by Crippen LogP contribution is -2.08. The maximum atomic E-state index is 13.0. The Hall–Kier alpha value is -2.31. The zero-order chi connectivity index (χ0) is 12.3. The summed E-state index contributed by atoms with van der Waals surface area (Å²) in [5, 5.41) is 10.5. The van der Waals surface area contributed by atoms with Crippen LogP contribution in [0.1, 0.15) is 20.7 Å². The van der Waals surface area contributed by atoms with Gasteiger partial charge in [-0.1, -0.05) is 0 Å². The van der Waals surface area contributed by atoms with E-state index < -0.39 is 33.5 Å². The average Bonchev–Trinajstić information content (AvgIpc) is 2.26. The van der Waals surface area contributed by atoms with Gasteiger partial charge in [-0.05, 0) is 6.07 Å². The largest absolute Gasteiger partial charge is 0.465 e. The number of methoxy groups -OCH3 is 1. The van der Waals surface area contributed by atoms with Gasteiger partial charge in [0.15, 0.2) is 6.29 Å². The second-order valence-corrected chi connectivity index (χ2v) is 2.75. The number of hydrogen-bond donors (Lipinski definition) is 0. The quantitative estimate of drug-likeness (QED) is 0.336. The summed E-state index contributed by atoms with van der Waals surface area (Å²) in [6, 6.07) is 1.28. The van der Waals surface area contributed by atoms with E-state index in [1.165, 1.54) is 0 Å². The summed E-state index contributed by atoms with van der Waals surface area (Å²) < 4.78 is 17.3. The molecule has 1 rings (SSSR count). The second kappa shape index (κ2) is 4.47. The predicted molar refractivity (Wildman–Crippen MR) is 49.8 cm³/mol. The Morgan fingerprint density at radius 3 is 2.62 bits per heavy atom. The van der Waals surface area contributed by atoms with Gasteiger partial charge in [0.2, 0.25) is 0 Å². The van der Waals surface area contributed by atoms with Gasteiger partial charge in [0.1, 0.15) is 11.4 Å². The highest BCUT2D eigenvalue weighted by molar-refractivity contribution is 6.00. The van der Waals surface area contributed by atoms with E-state index in [1.807, 2.05) is 0 Å². The Morgan fingerprint density at radius 2 is 2.19 bits per heavy atom. The minimum absolute atomic E-state index is 0.115. The van der Waals surface area contributed by atoms with Crippen molar-refractivity contribution in [1.82, 2.24) is 0 Å². The SMILES string of the molecule is COC(=O)c1cc(F)cc([N+](=O)[O-])c1C=O. The van der Waals surface area contributed by atoms with Crippen LogP contribution in [0.15, 0.2) is 12.1 Å². The molecule has 0 saturated heterocycles. The fourth-order valence-corrected chi connectivity index (χ4v) is 1.16. The number of nitro benzene ring substituents is 1. The minimum atomic E-state index is -1.01. The maximum Gasteiger partial charge on any atom is 0.338 e. The van der Waals surface area contributed by atoms with Crippen molar-refractivity contribution in [2.75, 3.05) is 7.11 Å². The number of carbonyl (C=O) groups is 2. The van der Waals surface area contributed by atoms with Crippen molar-refractivity contribution in [2.45, 2.75) is 0 Å². The molecule has 0 amide bonds. The number of ether oxygens (including phenoxy) is 1. The first kappa shape index (κ1) is 11.8. The Bertz CT molecular complexity index is 471. The lowest BCUT2D eigenvalue weighted by atomic mass is 10.1. The van der Waals surface area contributed by atoms with E-state index in [4.69, 9.17) is 0 Å². The van der Waals surface area contributed by atoms with E-state index in [9.17, 15) is 24.1 Å². The van der Waals surface area contributed by atoms with Crippen molar-refractivity contribution in [3.05, 3.63) is 39.2 Å². The van der Waals surface area contributed by atoms with E-state index in [0.29, 0.717) is 12.1 Å².